The third-order valence-corrected chi connectivity index (χ3v) is 7.05. The van der Waals surface area contributed by atoms with Crippen LogP contribution in [0, 0.1) is 13.8 Å². The first kappa shape index (κ1) is 20.5. The van der Waals surface area contributed by atoms with Crippen molar-refractivity contribution in [1.82, 2.24) is 15.1 Å². The third-order valence-electron chi connectivity index (χ3n) is 5.30. The first-order valence-corrected chi connectivity index (χ1v) is 11.4. The number of hydrogen-bond donors (Lipinski definition) is 2. The maximum Gasteiger partial charge on any atom is 0.275 e. The van der Waals surface area contributed by atoms with Gasteiger partial charge in [0.2, 0.25) is 0 Å². The second-order valence-electron chi connectivity index (χ2n) is 7.72. The van der Waals surface area contributed by atoms with Crippen LogP contribution in [0.4, 0.5) is 0 Å². The molecule has 2 N–H and O–H groups in total. The lowest BCUT2D eigenvalue weighted by molar-refractivity contribution is -0.885. The molecule has 1 saturated heterocycles. The van der Waals surface area contributed by atoms with Gasteiger partial charge in [-0.05, 0) is 25.8 Å². The second-order valence-corrected chi connectivity index (χ2v) is 9.95. The van der Waals surface area contributed by atoms with E-state index in [-0.39, 0.29) is 23.5 Å². The molecule has 3 rings (SSSR count). The summed E-state index contributed by atoms with van der Waals surface area (Å²) >= 11 is 0. The molecule has 1 aliphatic heterocycles. The molecule has 1 amide bonds. The summed E-state index contributed by atoms with van der Waals surface area (Å²) < 4.78 is 25.5. The van der Waals surface area contributed by atoms with Gasteiger partial charge in [0.1, 0.15) is 6.54 Å². The number of carbonyl (C=O) groups excluding carboxylic acids is 1. The lowest BCUT2D eigenvalue weighted by Crippen LogP contribution is -3.09. The molecule has 1 aliphatic rings. The van der Waals surface area contributed by atoms with Gasteiger partial charge in [0.05, 0.1) is 35.9 Å². The number of quaternary nitrogens is 1. The largest absolute Gasteiger partial charge is 0.347 e. The predicted molar refractivity (Wildman–Crippen MR) is 108 cm³/mol. The summed E-state index contributed by atoms with van der Waals surface area (Å²) in [5, 5.41) is 7.56. The van der Waals surface area contributed by atoms with Crippen LogP contribution in [0.5, 0.6) is 0 Å². The zero-order valence-corrected chi connectivity index (χ0v) is 17.6. The molecule has 0 radical (unpaired) electrons. The van der Waals surface area contributed by atoms with Crippen molar-refractivity contribution in [2.24, 2.45) is 0 Å². The van der Waals surface area contributed by atoms with Gasteiger partial charge in [-0.2, -0.15) is 5.10 Å². The normalized spacial score (nSPS) is 19.5. The van der Waals surface area contributed by atoms with Crippen molar-refractivity contribution in [2.45, 2.75) is 39.4 Å². The maximum absolute atomic E-state index is 12.3. The number of likely N-dealkylation sites (N-methyl/N-ethyl adjacent to an activating group) is 1. The molecule has 1 unspecified atom stereocenters. The molecule has 152 valence electrons. The Balaban J connectivity index is 1.58. The molecule has 1 aromatic carbocycles. The molecule has 0 saturated carbocycles. The number of rotatable bonds is 7. The second kappa shape index (κ2) is 8.45. The van der Waals surface area contributed by atoms with Crippen LogP contribution < -0.4 is 10.2 Å². The van der Waals surface area contributed by atoms with E-state index in [1.165, 1.54) is 0 Å². The minimum absolute atomic E-state index is 0.00550. The van der Waals surface area contributed by atoms with Gasteiger partial charge in [-0.1, -0.05) is 30.3 Å². The van der Waals surface area contributed by atoms with E-state index in [1.807, 2.05) is 55.9 Å². The van der Waals surface area contributed by atoms with Gasteiger partial charge >= 0.3 is 0 Å². The lowest BCUT2D eigenvalue weighted by Gasteiger charge is -2.15. The number of benzene rings is 1. The van der Waals surface area contributed by atoms with Crippen LogP contribution in [0.15, 0.2) is 30.3 Å². The number of carbonyl (C=O) groups is 1. The quantitative estimate of drug-likeness (QED) is 0.689. The summed E-state index contributed by atoms with van der Waals surface area (Å²) in [6.45, 7) is 5.51. The Morgan fingerprint density at radius 1 is 1.29 bits per heavy atom. The standard InChI is InChI=1S/C20H28N4O3S/c1-15-19(16(2)24(22-15)18-9-10-28(26,27)14-18)12-23(3)13-20(25)21-11-17-7-5-4-6-8-17/h4-8,18H,9-14H2,1-3H3,(H,21,25)/p+1/t18-/m0/s1. The summed E-state index contributed by atoms with van der Waals surface area (Å²) in [4.78, 5) is 13.3. The lowest BCUT2D eigenvalue weighted by atomic mass is 10.1. The minimum Gasteiger partial charge on any atom is -0.347 e. The smallest absolute Gasteiger partial charge is 0.275 e. The average molecular weight is 406 g/mol. The molecule has 1 fully saturated rings. The molecule has 28 heavy (non-hydrogen) atoms. The van der Waals surface area contributed by atoms with Crippen molar-refractivity contribution in [3.05, 3.63) is 52.8 Å². The Morgan fingerprint density at radius 2 is 2.00 bits per heavy atom. The number of nitrogens with zero attached hydrogens (tertiary/aromatic N) is 2. The number of amides is 1. The van der Waals surface area contributed by atoms with Crippen molar-refractivity contribution in [3.8, 4) is 0 Å². The van der Waals surface area contributed by atoms with E-state index in [1.54, 1.807) is 0 Å². The Morgan fingerprint density at radius 3 is 2.64 bits per heavy atom. The average Bonchev–Trinajstić information content (AvgIpc) is 3.14. The van der Waals surface area contributed by atoms with Crippen molar-refractivity contribution in [2.75, 3.05) is 25.1 Å². The molecule has 0 bridgehead atoms. The van der Waals surface area contributed by atoms with E-state index in [0.29, 0.717) is 26.1 Å². The van der Waals surface area contributed by atoms with Crippen LogP contribution in [-0.4, -0.2) is 49.2 Å². The number of aryl methyl sites for hydroxylation is 1. The van der Waals surface area contributed by atoms with Gasteiger partial charge in [-0.25, -0.2) is 8.42 Å². The highest BCUT2D eigenvalue weighted by atomic mass is 32.2. The number of hydrogen-bond acceptors (Lipinski definition) is 4. The monoisotopic (exact) mass is 405 g/mol. The molecule has 7 nitrogen and oxygen atoms in total. The van der Waals surface area contributed by atoms with Crippen LogP contribution >= 0.6 is 0 Å². The molecular formula is C20H29N4O3S+. The summed E-state index contributed by atoms with van der Waals surface area (Å²) in [6, 6.07) is 9.76. The minimum atomic E-state index is -2.95. The highest BCUT2D eigenvalue weighted by Crippen LogP contribution is 2.26. The fraction of sp³-hybridized carbons (Fsp3) is 0.500. The van der Waals surface area contributed by atoms with Crippen molar-refractivity contribution >= 4 is 15.7 Å². The van der Waals surface area contributed by atoms with Crippen molar-refractivity contribution < 1.29 is 18.1 Å². The highest BCUT2D eigenvalue weighted by molar-refractivity contribution is 7.91. The number of aromatic nitrogens is 2. The van der Waals surface area contributed by atoms with Crippen LogP contribution in [0.1, 0.15) is 35.0 Å². The zero-order valence-electron chi connectivity index (χ0n) is 16.7. The summed E-state index contributed by atoms with van der Waals surface area (Å²) in [5.41, 5.74) is 4.08. The fourth-order valence-electron chi connectivity index (χ4n) is 3.77. The summed E-state index contributed by atoms with van der Waals surface area (Å²) in [7, 11) is -0.967. The highest BCUT2D eigenvalue weighted by Gasteiger charge is 2.31. The molecule has 0 aliphatic carbocycles. The predicted octanol–water partition coefficient (Wildman–Crippen LogP) is 0.191. The van der Waals surface area contributed by atoms with Crippen LogP contribution in [0.25, 0.3) is 0 Å². The molecule has 8 heteroatoms. The van der Waals surface area contributed by atoms with Crippen LogP contribution in [0.2, 0.25) is 0 Å². The molecule has 1 aromatic heterocycles. The Hall–Kier alpha value is -2.19. The summed E-state index contributed by atoms with van der Waals surface area (Å²) in [5.74, 6) is 0.405. The van der Waals surface area contributed by atoms with Gasteiger partial charge in [-0.15, -0.1) is 0 Å². The molecule has 0 spiro atoms. The van der Waals surface area contributed by atoms with Crippen molar-refractivity contribution in [3.63, 3.8) is 0 Å². The fourth-order valence-corrected chi connectivity index (χ4v) is 5.47. The Labute approximate surface area is 166 Å². The SMILES string of the molecule is Cc1nn([C@H]2CCS(=O)(=O)C2)c(C)c1C[NH+](C)CC(=O)NCc1ccccc1. The van der Waals surface area contributed by atoms with Gasteiger partial charge < -0.3 is 10.2 Å². The third kappa shape index (κ3) is 4.99. The first-order chi connectivity index (χ1) is 13.2. The van der Waals surface area contributed by atoms with Gasteiger partial charge in [0.15, 0.2) is 16.4 Å². The molecular weight excluding hydrogens is 376 g/mol. The molecule has 2 aromatic rings. The topological polar surface area (TPSA) is 85.5 Å². The van der Waals surface area contributed by atoms with E-state index >= 15 is 0 Å². The van der Waals surface area contributed by atoms with Crippen LogP contribution in [0.3, 0.4) is 0 Å². The number of nitrogens with one attached hydrogen (secondary N) is 2. The zero-order chi connectivity index (χ0) is 20.3. The van der Waals surface area contributed by atoms with Gasteiger partial charge in [-0.3, -0.25) is 9.48 Å². The van der Waals surface area contributed by atoms with E-state index in [9.17, 15) is 13.2 Å². The van der Waals surface area contributed by atoms with E-state index in [0.717, 1.165) is 27.4 Å². The van der Waals surface area contributed by atoms with Crippen molar-refractivity contribution in [1.29, 1.82) is 0 Å². The molecule has 2 heterocycles. The first-order valence-electron chi connectivity index (χ1n) is 9.62. The number of sulfone groups is 1. The van der Waals surface area contributed by atoms with E-state index in [4.69, 9.17) is 0 Å². The maximum atomic E-state index is 12.3. The van der Waals surface area contributed by atoms with Gasteiger partial charge in [0.25, 0.3) is 5.91 Å². The Kier molecular flexibility index (Phi) is 6.20. The van der Waals surface area contributed by atoms with Gasteiger partial charge in [0, 0.05) is 12.2 Å². The Bertz CT molecular complexity index is 938. The molecule has 2 atom stereocenters. The summed E-state index contributed by atoms with van der Waals surface area (Å²) in [6.07, 6.45) is 0.619. The van der Waals surface area contributed by atoms with E-state index in [2.05, 4.69) is 10.4 Å². The van der Waals surface area contributed by atoms with Crippen LogP contribution in [-0.2, 0) is 27.7 Å². The van der Waals surface area contributed by atoms with E-state index < -0.39 is 9.84 Å².